The van der Waals surface area contributed by atoms with Crippen LogP contribution in [0.2, 0.25) is 0 Å². The first-order valence-electron chi connectivity index (χ1n) is 8.35. The molecule has 3 rings (SSSR count). The predicted molar refractivity (Wildman–Crippen MR) is 96.9 cm³/mol. The van der Waals surface area contributed by atoms with E-state index in [9.17, 15) is 9.59 Å². The lowest BCUT2D eigenvalue weighted by molar-refractivity contribution is -0.122. The Labute approximate surface area is 152 Å². The zero-order valence-electron chi connectivity index (χ0n) is 15.0. The van der Waals surface area contributed by atoms with Crippen molar-refractivity contribution in [3.63, 3.8) is 0 Å². The molecule has 6 nitrogen and oxygen atoms in total. The Kier molecular flexibility index (Phi) is 5.11. The van der Waals surface area contributed by atoms with Crippen LogP contribution >= 0.6 is 0 Å². The normalized spacial score (nSPS) is 15.3. The molecule has 26 heavy (non-hydrogen) atoms. The van der Waals surface area contributed by atoms with Crippen molar-refractivity contribution in [3.05, 3.63) is 53.6 Å². The highest BCUT2D eigenvalue weighted by Gasteiger charge is 2.31. The lowest BCUT2D eigenvalue weighted by Gasteiger charge is -2.22. The van der Waals surface area contributed by atoms with Gasteiger partial charge in [0.1, 0.15) is 5.56 Å². The lowest BCUT2D eigenvalue weighted by Crippen LogP contribution is -2.38. The molecule has 1 heterocycles. The predicted octanol–water partition coefficient (Wildman–Crippen LogP) is 2.84. The Morgan fingerprint density at radius 1 is 1.08 bits per heavy atom. The average molecular weight is 355 g/mol. The van der Waals surface area contributed by atoms with Crippen molar-refractivity contribution in [2.75, 3.05) is 25.7 Å². The van der Waals surface area contributed by atoms with Gasteiger partial charge >= 0.3 is 5.97 Å². The van der Waals surface area contributed by atoms with Crippen LogP contribution in [0.3, 0.4) is 0 Å². The molecule has 136 valence electrons. The zero-order chi connectivity index (χ0) is 18.7. The Bertz CT molecular complexity index is 833. The second-order valence-electron chi connectivity index (χ2n) is 6.06. The van der Waals surface area contributed by atoms with E-state index in [1.807, 2.05) is 31.2 Å². The van der Waals surface area contributed by atoms with Crippen LogP contribution in [-0.2, 0) is 16.0 Å². The number of fused-ring (bicyclic) bond motifs is 1. The van der Waals surface area contributed by atoms with Crippen LogP contribution in [0.25, 0.3) is 0 Å². The first kappa shape index (κ1) is 17.8. The van der Waals surface area contributed by atoms with E-state index in [0.717, 1.165) is 17.7 Å². The fourth-order valence-electron chi connectivity index (χ4n) is 3.27. The molecular weight excluding hydrogens is 334 g/mol. The largest absolute Gasteiger partial charge is 0.493 e. The standard InChI is InChI=1S/C20H21NO5/c1-13-11-14-7-4-5-9-16(14)21(13)18(22)12-26-20(23)15-8-6-10-17(24-2)19(15)25-3/h4-10,13H,11-12H2,1-3H3/t13-/m1/s1. The van der Waals surface area contributed by atoms with Crippen molar-refractivity contribution in [1.82, 2.24) is 0 Å². The number of rotatable bonds is 5. The number of hydrogen-bond donors (Lipinski definition) is 0. The number of amides is 1. The van der Waals surface area contributed by atoms with Crippen LogP contribution in [0.1, 0.15) is 22.8 Å². The minimum Gasteiger partial charge on any atom is -0.493 e. The molecule has 0 spiro atoms. The highest BCUT2D eigenvalue weighted by Crippen LogP contribution is 2.33. The van der Waals surface area contributed by atoms with Crippen LogP contribution < -0.4 is 14.4 Å². The number of benzene rings is 2. The molecule has 0 saturated heterocycles. The van der Waals surface area contributed by atoms with Gasteiger partial charge in [-0.25, -0.2) is 4.79 Å². The van der Waals surface area contributed by atoms with E-state index in [1.165, 1.54) is 14.2 Å². The SMILES string of the molecule is COc1cccc(C(=O)OCC(=O)N2c3ccccc3C[C@H]2C)c1OC. The molecule has 1 aliphatic heterocycles. The second kappa shape index (κ2) is 7.47. The van der Waals surface area contributed by atoms with Gasteiger partial charge in [-0.2, -0.15) is 0 Å². The Hall–Kier alpha value is -3.02. The van der Waals surface area contributed by atoms with Crippen LogP contribution in [0, 0.1) is 0 Å². The van der Waals surface area contributed by atoms with Gasteiger partial charge < -0.3 is 19.1 Å². The molecule has 0 bridgehead atoms. The monoisotopic (exact) mass is 355 g/mol. The summed E-state index contributed by atoms with van der Waals surface area (Å²) in [6.45, 7) is 1.64. The van der Waals surface area contributed by atoms with Crippen molar-refractivity contribution in [2.45, 2.75) is 19.4 Å². The van der Waals surface area contributed by atoms with Crippen LogP contribution in [0.4, 0.5) is 5.69 Å². The smallest absolute Gasteiger partial charge is 0.342 e. The van der Waals surface area contributed by atoms with E-state index in [1.54, 1.807) is 23.1 Å². The number of methoxy groups -OCH3 is 2. The molecule has 1 amide bonds. The molecule has 1 atom stereocenters. The fraction of sp³-hybridized carbons (Fsp3) is 0.300. The topological polar surface area (TPSA) is 65.1 Å². The highest BCUT2D eigenvalue weighted by molar-refractivity contribution is 6.00. The quantitative estimate of drug-likeness (QED) is 0.772. The van der Waals surface area contributed by atoms with Gasteiger partial charge in [-0.15, -0.1) is 0 Å². The van der Waals surface area contributed by atoms with Gasteiger partial charge in [-0.3, -0.25) is 4.79 Å². The minimum atomic E-state index is -0.630. The van der Waals surface area contributed by atoms with E-state index in [4.69, 9.17) is 14.2 Å². The maximum atomic E-state index is 12.6. The molecule has 0 aliphatic carbocycles. The maximum Gasteiger partial charge on any atom is 0.342 e. The second-order valence-corrected chi connectivity index (χ2v) is 6.06. The first-order chi connectivity index (χ1) is 12.6. The average Bonchev–Trinajstić information content (AvgIpc) is 3.00. The number of anilines is 1. The number of carbonyl (C=O) groups excluding carboxylic acids is 2. The van der Waals surface area contributed by atoms with E-state index >= 15 is 0 Å². The molecular formula is C20H21NO5. The van der Waals surface area contributed by atoms with Crippen molar-refractivity contribution >= 4 is 17.6 Å². The summed E-state index contributed by atoms with van der Waals surface area (Å²) in [6, 6.07) is 12.7. The molecule has 2 aromatic rings. The third-order valence-electron chi connectivity index (χ3n) is 4.43. The Morgan fingerprint density at radius 3 is 2.58 bits per heavy atom. The number of esters is 1. The van der Waals surface area contributed by atoms with Gasteiger partial charge in [-0.1, -0.05) is 24.3 Å². The molecule has 0 saturated carbocycles. The molecule has 1 aliphatic rings. The van der Waals surface area contributed by atoms with Gasteiger partial charge in [-0.05, 0) is 37.1 Å². The summed E-state index contributed by atoms with van der Waals surface area (Å²) in [4.78, 5) is 26.7. The maximum absolute atomic E-state index is 12.6. The summed E-state index contributed by atoms with van der Waals surface area (Å²) in [5.41, 5.74) is 2.21. The first-order valence-corrected chi connectivity index (χ1v) is 8.35. The van der Waals surface area contributed by atoms with E-state index < -0.39 is 5.97 Å². The van der Waals surface area contributed by atoms with Gasteiger partial charge in [0.25, 0.3) is 5.91 Å². The van der Waals surface area contributed by atoms with Crippen LogP contribution in [0.15, 0.2) is 42.5 Å². The van der Waals surface area contributed by atoms with Crippen LogP contribution in [-0.4, -0.2) is 38.7 Å². The van der Waals surface area contributed by atoms with E-state index in [-0.39, 0.29) is 29.9 Å². The van der Waals surface area contributed by atoms with Crippen molar-refractivity contribution in [1.29, 1.82) is 0 Å². The molecule has 0 fully saturated rings. The van der Waals surface area contributed by atoms with Gasteiger partial charge in [0, 0.05) is 11.7 Å². The van der Waals surface area contributed by atoms with Crippen molar-refractivity contribution in [2.24, 2.45) is 0 Å². The summed E-state index contributed by atoms with van der Waals surface area (Å²) in [5, 5.41) is 0. The number of carbonyl (C=O) groups is 2. The number of hydrogen-bond acceptors (Lipinski definition) is 5. The molecule has 6 heteroatoms. The molecule has 2 aromatic carbocycles. The van der Waals surface area contributed by atoms with Gasteiger partial charge in [0.05, 0.1) is 14.2 Å². The van der Waals surface area contributed by atoms with Gasteiger partial charge in [0.2, 0.25) is 0 Å². The van der Waals surface area contributed by atoms with Crippen molar-refractivity contribution < 1.29 is 23.8 Å². The third-order valence-corrected chi connectivity index (χ3v) is 4.43. The summed E-state index contributed by atoms with van der Waals surface area (Å²) < 4.78 is 15.7. The summed E-state index contributed by atoms with van der Waals surface area (Å²) in [6.07, 6.45) is 0.791. The number of para-hydroxylation sites is 2. The number of nitrogens with zero attached hydrogens (tertiary/aromatic N) is 1. The molecule has 0 unspecified atom stereocenters. The Balaban J connectivity index is 1.72. The molecule has 0 radical (unpaired) electrons. The lowest BCUT2D eigenvalue weighted by atomic mass is 10.1. The van der Waals surface area contributed by atoms with Crippen LogP contribution in [0.5, 0.6) is 11.5 Å². The Morgan fingerprint density at radius 2 is 1.85 bits per heavy atom. The summed E-state index contributed by atoms with van der Waals surface area (Å²) in [5.74, 6) is -0.172. The third kappa shape index (κ3) is 3.22. The zero-order valence-corrected chi connectivity index (χ0v) is 15.0. The van der Waals surface area contributed by atoms with Crippen molar-refractivity contribution in [3.8, 4) is 11.5 Å². The highest BCUT2D eigenvalue weighted by atomic mass is 16.5. The van der Waals surface area contributed by atoms with Gasteiger partial charge in [0.15, 0.2) is 18.1 Å². The number of ether oxygens (including phenoxy) is 3. The van der Waals surface area contributed by atoms with E-state index in [2.05, 4.69) is 0 Å². The molecule has 0 N–H and O–H groups in total. The molecule has 0 aromatic heterocycles. The summed E-state index contributed by atoms with van der Waals surface area (Å²) >= 11 is 0. The minimum absolute atomic E-state index is 0.0324. The summed E-state index contributed by atoms with van der Waals surface area (Å²) in [7, 11) is 2.94. The fourth-order valence-corrected chi connectivity index (χ4v) is 3.27. The van der Waals surface area contributed by atoms with E-state index in [0.29, 0.717) is 5.75 Å².